The number of carbonyl (C=O) groups excluding carboxylic acids is 1. The van der Waals surface area contributed by atoms with Crippen molar-refractivity contribution in [1.82, 2.24) is 5.32 Å². The largest absolute Gasteiger partial charge is 0.493 e. The van der Waals surface area contributed by atoms with Gasteiger partial charge in [-0.25, -0.2) is 4.79 Å². The lowest BCUT2D eigenvalue weighted by molar-refractivity contribution is -0.127. The highest BCUT2D eigenvalue weighted by Gasteiger charge is 2.17. The maximum Gasteiger partial charge on any atom is 0.335 e. The van der Waals surface area contributed by atoms with Crippen molar-refractivity contribution in [2.75, 3.05) is 13.7 Å². The van der Waals surface area contributed by atoms with Gasteiger partial charge in [0.2, 0.25) is 0 Å². The van der Waals surface area contributed by atoms with Crippen LogP contribution in [0.15, 0.2) is 18.2 Å². The van der Waals surface area contributed by atoms with E-state index in [1.807, 2.05) is 0 Å². The zero-order chi connectivity index (χ0) is 15.1. The molecule has 6 nitrogen and oxygen atoms in total. The molecule has 0 fully saturated rings. The second-order valence-corrected chi connectivity index (χ2v) is 3.85. The van der Waals surface area contributed by atoms with Crippen LogP contribution < -0.4 is 14.8 Å². The van der Waals surface area contributed by atoms with Crippen molar-refractivity contribution >= 4 is 11.9 Å². The smallest absolute Gasteiger partial charge is 0.335 e. The molecule has 20 heavy (non-hydrogen) atoms. The van der Waals surface area contributed by atoms with Crippen LogP contribution in [0.2, 0.25) is 0 Å². The average molecular weight is 277 g/mol. The third kappa shape index (κ3) is 3.92. The molecule has 0 saturated carbocycles. The molecule has 106 valence electrons. The van der Waals surface area contributed by atoms with Gasteiger partial charge in [-0.05, 0) is 25.1 Å². The molecule has 0 aliphatic heterocycles. The number of benzene rings is 1. The van der Waals surface area contributed by atoms with Gasteiger partial charge in [0, 0.05) is 0 Å². The number of aromatic carboxylic acids is 1. The SMILES string of the molecule is C#CCNC(=O)C(C)Oc1ccc(C(=O)O)cc1OC. The van der Waals surface area contributed by atoms with Crippen molar-refractivity contribution < 1.29 is 24.2 Å². The summed E-state index contributed by atoms with van der Waals surface area (Å²) >= 11 is 0. The Morgan fingerprint density at radius 1 is 1.45 bits per heavy atom. The van der Waals surface area contributed by atoms with E-state index in [0.29, 0.717) is 0 Å². The van der Waals surface area contributed by atoms with Gasteiger partial charge in [0.1, 0.15) is 0 Å². The highest BCUT2D eigenvalue weighted by atomic mass is 16.5. The second-order valence-electron chi connectivity index (χ2n) is 3.85. The van der Waals surface area contributed by atoms with Gasteiger partial charge in [-0.1, -0.05) is 5.92 Å². The summed E-state index contributed by atoms with van der Waals surface area (Å²) in [5, 5.41) is 11.4. The Bertz CT molecular complexity index is 547. The molecule has 0 radical (unpaired) electrons. The number of rotatable bonds is 6. The lowest BCUT2D eigenvalue weighted by Gasteiger charge is -2.16. The van der Waals surface area contributed by atoms with Crippen LogP contribution in [0.3, 0.4) is 0 Å². The van der Waals surface area contributed by atoms with E-state index in [1.165, 1.54) is 25.3 Å². The number of carboxylic acid groups (broad SMARTS) is 1. The Morgan fingerprint density at radius 2 is 2.15 bits per heavy atom. The van der Waals surface area contributed by atoms with E-state index in [4.69, 9.17) is 21.0 Å². The van der Waals surface area contributed by atoms with Crippen molar-refractivity contribution in [3.63, 3.8) is 0 Å². The molecule has 0 bridgehead atoms. The average Bonchev–Trinajstić information content (AvgIpc) is 2.44. The fourth-order valence-corrected chi connectivity index (χ4v) is 1.42. The van der Waals surface area contributed by atoms with Crippen LogP contribution in [0.25, 0.3) is 0 Å². The van der Waals surface area contributed by atoms with Gasteiger partial charge >= 0.3 is 5.97 Å². The minimum Gasteiger partial charge on any atom is -0.493 e. The van der Waals surface area contributed by atoms with E-state index in [2.05, 4.69) is 11.2 Å². The number of hydrogen-bond acceptors (Lipinski definition) is 4. The highest BCUT2D eigenvalue weighted by Crippen LogP contribution is 2.29. The van der Waals surface area contributed by atoms with Gasteiger partial charge in [-0.3, -0.25) is 4.79 Å². The fraction of sp³-hybridized carbons (Fsp3) is 0.286. The summed E-state index contributed by atoms with van der Waals surface area (Å²) in [6.45, 7) is 1.66. The summed E-state index contributed by atoms with van der Waals surface area (Å²) in [6.07, 6.45) is 4.25. The number of carboxylic acids is 1. The molecule has 1 rings (SSSR count). The zero-order valence-corrected chi connectivity index (χ0v) is 11.2. The number of amides is 1. The third-order valence-electron chi connectivity index (χ3n) is 2.45. The van der Waals surface area contributed by atoms with Gasteiger partial charge in [0.05, 0.1) is 19.2 Å². The second kappa shape index (κ2) is 7.04. The number of ether oxygens (including phenoxy) is 2. The van der Waals surface area contributed by atoms with Crippen LogP contribution in [-0.4, -0.2) is 36.7 Å². The molecule has 1 amide bonds. The lowest BCUT2D eigenvalue weighted by Crippen LogP contribution is -2.36. The van der Waals surface area contributed by atoms with Gasteiger partial charge < -0.3 is 19.9 Å². The molecule has 0 aliphatic rings. The molecule has 1 unspecified atom stereocenters. The summed E-state index contributed by atoms with van der Waals surface area (Å²) in [6, 6.07) is 4.13. The number of nitrogens with one attached hydrogen (secondary N) is 1. The predicted octanol–water partition coefficient (Wildman–Crippen LogP) is 0.910. The van der Waals surface area contributed by atoms with Crippen LogP contribution in [-0.2, 0) is 4.79 Å². The van der Waals surface area contributed by atoms with E-state index in [9.17, 15) is 9.59 Å². The maximum atomic E-state index is 11.6. The molecule has 0 heterocycles. The van der Waals surface area contributed by atoms with Gasteiger partial charge in [-0.2, -0.15) is 0 Å². The summed E-state index contributed by atoms with van der Waals surface area (Å²) in [7, 11) is 1.39. The molecule has 1 aromatic rings. The lowest BCUT2D eigenvalue weighted by atomic mass is 10.2. The topological polar surface area (TPSA) is 84.9 Å². The van der Waals surface area contributed by atoms with Crippen LogP contribution >= 0.6 is 0 Å². The number of carbonyl (C=O) groups is 2. The number of hydrogen-bond donors (Lipinski definition) is 2. The van der Waals surface area contributed by atoms with E-state index in [1.54, 1.807) is 6.92 Å². The minimum absolute atomic E-state index is 0.0682. The summed E-state index contributed by atoms with van der Waals surface area (Å²) in [5.41, 5.74) is 0.0682. The molecule has 0 saturated heterocycles. The molecule has 0 aliphatic carbocycles. The Balaban J connectivity index is 2.84. The summed E-state index contributed by atoms with van der Waals surface area (Å²) < 4.78 is 10.5. The molecule has 6 heteroatoms. The zero-order valence-electron chi connectivity index (χ0n) is 11.2. The van der Waals surface area contributed by atoms with Gasteiger partial charge in [0.15, 0.2) is 17.6 Å². The number of terminal acetylenes is 1. The molecule has 2 N–H and O–H groups in total. The van der Waals surface area contributed by atoms with E-state index >= 15 is 0 Å². The highest BCUT2D eigenvalue weighted by molar-refractivity contribution is 5.88. The van der Waals surface area contributed by atoms with E-state index in [-0.39, 0.29) is 29.5 Å². The Morgan fingerprint density at radius 3 is 2.70 bits per heavy atom. The van der Waals surface area contributed by atoms with E-state index in [0.717, 1.165) is 0 Å². The first-order valence-electron chi connectivity index (χ1n) is 5.78. The number of methoxy groups -OCH3 is 1. The maximum absolute atomic E-state index is 11.6. The third-order valence-corrected chi connectivity index (χ3v) is 2.45. The van der Waals surface area contributed by atoms with Crippen molar-refractivity contribution in [2.45, 2.75) is 13.0 Å². The molecular formula is C14H15NO5. The Kier molecular flexibility index (Phi) is 5.42. The van der Waals surface area contributed by atoms with Gasteiger partial charge in [-0.15, -0.1) is 6.42 Å². The molecule has 0 aromatic heterocycles. The van der Waals surface area contributed by atoms with Crippen molar-refractivity contribution in [3.8, 4) is 23.8 Å². The molecule has 0 spiro atoms. The standard InChI is InChI=1S/C14H15NO5/c1-4-7-15-13(16)9(2)20-11-6-5-10(14(17)18)8-12(11)19-3/h1,5-6,8-9H,7H2,2-3H3,(H,15,16)(H,17,18). The Labute approximate surface area is 116 Å². The summed E-state index contributed by atoms with van der Waals surface area (Å²) in [5.74, 6) is 1.36. The normalized spacial score (nSPS) is 11.1. The van der Waals surface area contributed by atoms with Crippen molar-refractivity contribution in [3.05, 3.63) is 23.8 Å². The monoisotopic (exact) mass is 277 g/mol. The first-order valence-corrected chi connectivity index (χ1v) is 5.78. The fourth-order valence-electron chi connectivity index (χ4n) is 1.42. The van der Waals surface area contributed by atoms with Crippen LogP contribution in [0, 0.1) is 12.3 Å². The van der Waals surface area contributed by atoms with Crippen LogP contribution in [0.1, 0.15) is 17.3 Å². The predicted molar refractivity (Wildman–Crippen MR) is 71.9 cm³/mol. The first kappa shape index (κ1) is 15.4. The van der Waals surface area contributed by atoms with Crippen molar-refractivity contribution in [1.29, 1.82) is 0 Å². The minimum atomic E-state index is -1.07. The summed E-state index contributed by atoms with van der Waals surface area (Å²) in [4.78, 5) is 22.5. The molecule has 1 aromatic carbocycles. The van der Waals surface area contributed by atoms with Gasteiger partial charge in [0.25, 0.3) is 5.91 Å². The van der Waals surface area contributed by atoms with Crippen LogP contribution in [0.5, 0.6) is 11.5 Å². The van der Waals surface area contributed by atoms with E-state index < -0.39 is 12.1 Å². The molecular weight excluding hydrogens is 262 g/mol. The van der Waals surface area contributed by atoms with Crippen molar-refractivity contribution in [2.24, 2.45) is 0 Å². The van der Waals surface area contributed by atoms with Crippen LogP contribution in [0.4, 0.5) is 0 Å². The first-order chi connectivity index (χ1) is 9.49. The quantitative estimate of drug-likeness (QED) is 0.755. The Hall–Kier alpha value is -2.68. The molecule has 1 atom stereocenters.